The second-order valence-electron chi connectivity index (χ2n) is 5.45. The molecular weight excluding hydrogens is 334 g/mol. The van der Waals surface area contributed by atoms with Crippen LogP contribution in [0.25, 0.3) is 11.4 Å². The number of hydrogen-bond donors (Lipinski definition) is 0. The van der Waals surface area contributed by atoms with E-state index >= 15 is 0 Å². The summed E-state index contributed by atoms with van der Waals surface area (Å²) in [5.41, 5.74) is 1.44. The normalized spacial score (nSPS) is 13.8. The third kappa shape index (κ3) is 2.94. The van der Waals surface area contributed by atoms with Crippen LogP contribution in [0.2, 0.25) is 5.02 Å². The molecule has 0 saturated carbocycles. The summed E-state index contributed by atoms with van der Waals surface area (Å²) in [7, 11) is 0. The highest BCUT2D eigenvalue weighted by Crippen LogP contribution is 2.40. The SMILES string of the molecule is Cc1cc(Cc2nc(-c3cc(Cl)c4c(c3)OCCCO4)no2)no1. The Morgan fingerprint density at radius 2 is 1.96 bits per heavy atom. The van der Waals surface area contributed by atoms with Gasteiger partial charge in [-0.15, -0.1) is 0 Å². The molecule has 4 rings (SSSR count). The largest absolute Gasteiger partial charge is 0.489 e. The van der Waals surface area contributed by atoms with Crippen molar-refractivity contribution in [3.8, 4) is 22.9 Å². The summed E-state index contributed by atoms with van der Waals surface area (Å²) < 4.78 is 21.6. The van der Waals surface area contributed by atoms with Gasteiger partial charge in [0, 0.05) is 18.1 Å². The van der Waals surface area contributed by atoms with Gasteiger partial charge in [0.05, 0.1) is 30.4 Å². The number of ether oxygens (including phenoxy) is 2. The van der Waals surface area contributed by atoms with Crippen LogP contribution in [0.15, 0.2) is 27.2 Å². The molecule has 1 aliphatic heterocycles. The van der Waals surface area contributed by atoms with Gasteiger partial charge in [0.2, 0.25) is 11.7 Å². The van der Waals surface area contributed by atoms with Crippen LogP contribution in [-0.4, -0.2) is 28.5 Å². The quantitative estimate of drug-likeness (QED) is 0.717. The molecule has 124 valence electrons. The minimum Gasteiger partial charge on any atom is -0.489 e. The van der Waals surface area contributed by atoms with E-state index < -0.39 is 0 Å². The fraction of sp³-hybridized carbons (Fsp3) is 0.312. The minimum absolute atomic E-state index is 0.405. The highest BCUT2D eigenvalue weighted by atomic mass is 35.5. The molecule has 2 aromatic heterocycles. The van der Waals surface area contributed by atoms with Crippen LogP contribution in [0.4, 0.5) is 0 Å². The van der Waals surface area contributed by atoms with Crippen molar-refractivity contribution in [3.05, 3.63) is 40.6 Å². The fourth-order valence-electron chi connectivity index (χ4n) is 2.46. The van der Waals surface area contributed by atoms with Crippen molar-refractivity contribution in [2.75, 3.05) is 13.2 Å². The van der Waals surface area contributed by atoms with Crippen molar-refractivity contribution < 1.29 is 18.5 Å². The van der Waals surface area contributed by atoms with Gasteiger partial charge in [-0.25, -0.2) is 0 Å². The number of benzene rings is 1. The summed E-state index contributed by atoms with van der Waals surface area (Å²) in [4.78, 5) is 4.38. The molecule has 0 radical (unpaired) electrons. The second kappa shape index (κ2) is 6.16. The molecule has 0 atom stereocenters. The molecule has 0 aliphatic carbocycles. The van der Waals surface area contributed by atoms with Gasteiger partial charge in [-0.3, -0.25) is 0 Å². The molecule has 3 aromatic rings. The van der Waals surface area contributed by atoms with Gasteiger partial charge in [0.1, 0.15) is 5.76 Å². The Morgan fingerprint density at radius 3 is 2.79 bits per heavy atom. The lowest BCUT2D eigenvalue weighted by molar-refractivity contribution is 0.297. The monoisotopic (exact) mass is 347 g/mol. The molecule has 8 heteroatoms. The van der Waals surface area contributed by atoms with E-state index in [1.807, 2.05) is 13.0 Å². The Bertz CT molecular complexity index is 874. The Labute approximate surface area is 142 Å². The number of rotatable bonds is 3. The van der Waals surface area contributed by atoms with Crippen molar-refractivity contribution >= 4 is 11.6 Å². The van der Waals surface area contributed by atoms with Crippen LogP contribution in [0, 0.1) is 6.92 Å². The van der Waals surface area contributed by atoms with Gasteiger partial charge in [-0.05, 0) is 19.1 Å². The molecule has 7 nitrogen and oxygen atoms in total. The molecule has 0 bridgehead atoms. The van der Waals surface area contributed by atoms with E-state index in [0.29, 0.717) is 53.4 Å². The molecular formula is C16H14ClN3O4. The standard InChI is InChI=1S/C16H14ClN3O4/c1-9-5-11(19-23-9)8-14-18-16(20-24-14)10-6-12(17)15-13(7-10)21-3-2-4-22-15/h5-7H,2-4,8H2,1H3. The highest BCUT2D eigenvalue weighted by molar-refractivity contribution is 6.32. The smallest absolute Gasteiger partial charge is 0.233 e. The van der Waals surface area contributed by atoms with Gasteiger partial charge in [-0.2, -0.15) is 4.98 Å². The molecule has 0 saturated heterocycles. The van der Waals surface area contributed by atoms with E-state index in [9.17, 15) is 0 Å². The van der Waals surface area contributed by atoms with E-state index in [0.717, 1.165) is 17.9 Å². The number of hydrogen-bond acceptors (Lipinski definition) is 7. The van der Waals surface area contributed by atoms with Gasteiger partial charge in [0.15, 0.2) is 11.5 Å². The number of aryl methyl sites for hydroxylation is 1. The van der Waals surface area contributed by atoms with Gasteiger partial charge in [0.25, 0.3) is 0 Å². The number of nitrogens with zero attached hydrogens (tertiary/aromatic N) is 3. The van der Waals surface area contributed by atoms with Crippen molar-refractivity contribution in [1.29, 1.82) is 0 Å². The van der Waals surface area contributed by atoms with Crippen LogP contribution < -0.4 is 9.47 Å². The first-order chi connectivity index (χ1) is 11.7. The fourth-order valence-corrected chi connectivity index (χ4v) is 2.73. The van der Waals surface area contributed by atoms with Crippen LogP contribution >= 0.6 is 11.6 Å². The van der Waals surface area contributed by atoms with E-state index in [1.54, 1.807) is 12.1 Å². The molecule has 0 fully saturated rings. The van der Waals surface area contributed by atoms with Gasteiger partial charge >= 0.3 is 0 Å². The van der Waals surface area contributed by atoms with Crippen LogP contribution in [0.1, 0.15) is 23.8 Å². The predicted octanol–water partition coefficient (Wildman–Crippen LogP) is 3.44. The molecule has 3 heterocycles. The Kier molecular flexibility index (Phi) is 3.86. The molecule has 0 N–H and O–H groups in total. The Balaban J connectivity index is 1.62. The molecule has 24 heavy (non-hydrogen) atoms. The molecule has 1 aliphatic rings. The maximum atomic E-state index is 6.30. The lowest BCUT2D eigenvalue weighted by Gasteiger charge is -2.09. The number of halogens is 1. The third-order valence-electron chi connectivity index (χ3n) is 3.54. The summed E-state index contributed by atoms with van der Waals surface area (Å²) in [5.74, 6) is 2.76. The van der Waals surface area contributed by atoms with E-state index in [4.69, 9.17) is 30.1 Å². The predicted molar refractivity (Wildman–Crippen MR) is 84.4 cm³/mol. The zero-order chi connectivity index (χ0) is 16.5. The maximum absolute atomic E-state index is 6.30. The average Bonchev–Trinajstić information content (AvgIpc) is 3.11. The second-order valence-corrected chi connectivity index (χ2v) is 5.86. The van der Waals surface area contributed by atoms with Gasteiger partial charge in [-0.1, -0.05) is 21.9 Å². The lowest BCUT2D eigenvalue weighted by atomic mass is 10.2. The molecule has 0 spiro atoms. The average molecular weight is 348 g/mol. The first-order valence-corrected chi connectivity index (χ1v) is 7.91. The maximum Gasteiger partial charge on any atom is 0.233 e. The van der Waals surface area contributed by atoms with E-state index in [1.165, 1.54) is 0 Å². The zero-order valence-corrected chi connectivity index (χ0v) is 13.7. The summed E-state index contributed by atoms with van der Waals surface area (Å²) in [6.45, 7) is 2.99. The van der Waals surface area contributed by atoms with Crippen molar-refractivity contribution in [2.45, 2.75) is 19.8 Å². The van der Waals surface area contributed by atoms with Crippen molar-refractivity contribution in [3.63, 3.8) is 0 Å². The van der Waals surface area contributed by atoms with Crippen molar-refractivity contribution in [1.82, 2.24) is 15.3 Å². The summed E-state index contributed by atoms with van der Waals surface area (Å²) in [6, 6.07) is 5.37. The van der Waals surface area contributed by atoms with Crippen LogP contribution in [0.3, 0.4) is 0 Å². The molecule has 0 unspecified atom stereocenters. The Hall–Kier alpha value is -2.54. The van der Waals surface area contributed by atoms with Crippen LogP contribution in [0.5, 0.6) is 11.5 Å². The molecule has 0 amide bonds. The summed E-state index contributed by atoms with van der Waals surface area (Å²) in [6.07, 6.45) is 1.21. The molecule has 1 aromatic carbocycles. The topological polar surface area (TPSA) is 83.4 Å². The highest BCUT2D eigenvalue weighted by Gasteiger charge is 2.19. The first-order valence-electron chi connectivity index (χ1n) is 7.53. The summed E-state index contributed by atoms with van der Waals surface area (Å²) >= 11 is 6.30. The van der Waals surface area contributed by atoms with Crippen molar-refractivity contribution in [2.24, 2.45) is 0 Å². The zero-order valence-electron chi connectivity index (χ0n) is 12.9. The number of fused-ring (bicyclic) bond motifs is 1. The Morgan fingerprint density at radius 1 is 1.08 bits per heavy atom. The first kappa shape index (κ1) is 15.0. The van der Waals surface area contributed by atoms with E-state index in [-0.39, 0.29) is 0 Å². The van der Waals surface area contributed by atoms with E-state index in [2.05, 4.69) is 15.3 Å². The van der Waals surface area contributed by atoms with Gasteiger partial charge < -0.3 is 18.5 Å². The van der Waals surface area contributed by atoms with Crippen LogP contribution in [-0.2, 0) is 6.42 Å². The third-order valence-corrected chi connectivity index (χ3v) is 3.82. The number of aromatic nitrogens is 3. The lowest BCUT2D eigenvalue weighted by Crippen LogP contribution is -1.97. The minimum atomic E-state index is 0.405. The summed E-state index contributed by atoms with van der Waals surface area (Å²) in [5, 5.41) is 8.38.